The van der Waals surface area contributed by atoms with Crippen molar-refractivity contribution >= 4 is 11.9 Å². The fourth-order valence-corrected chi connectivity index (χ4v) is 3.36. The van der Waals surface area contributed by atoms with Crippen molar-refractivity contribution < 1.29 is 9.90 Å². The second kappa shape index (κ2) is 7.80. The third-order valence-electron chi connectivity index (χ3n) is 4.96. The fourth-order valence-electron chi connectivity index (χ4n) is 3.36. The van der Waals surface area contributed by atoms with Crippen LogP contribution in [0.1, 0.15) is 30.8 Å². The number of carbonyl (C=O) groups is 1. The first-order valence-corrected chi connectivity index (χ1v) is 9.25. The molecule has 28 heavy (non-hydrogen) atoms. The van der Waals surface area contributed by atoms with Crippen LogP contribution in [0.3, 0.4) is 0 Å². The van der Waals surface area contributed by atoms with Gasteiger partial charge in [0.05, 0.1) is 0 Å². The SMILES string of the molecule is Cc1cc(C)nc(NC(C(=O)O)C(C)(C)c2ccc(-c3ccccc3)cc2)n1. The molecule has 3 rings (SSSR count). The Morgan fingerprint density at radius 3 is 2.00 bits per heavy atom. The number of hydrogen-bond acceptors (Lipinski definition) is 4. The Hall–Kier alpha value is -3.21. The second-order valence-corrected chi connectivity index (χ2v) is 7.55. The van der Waals surface area contributed by atoms with E-state index in [0.717, 1.165) is 28.1 Å². The van der Waals surface area contributed by atoms with E-state index in [9.17, 15) is 9.90 Å². The maximum Gasteiger partial charge on any atom is 0.327 e. The van der Waals surface area contributed by atoms with Gasteiger partial charge in [-0.15, -0.1) is 0 Å². The summed E-state index contributed by atoms with van der Waals surface area (Å²) in [5, 5.41) is 12.9. The van der Waals surface area contributed by atoms with Crippen molar-refractivity contribution in [1.82, 2.24) is 9.97 Å². The number of carboxylic acids is 1. The van der Waals surface area contributed by atoms with Crippen LogP contribution in [-0.4, -0.2) is 27.1 Å². The van der Waals surface area contributed by atoms with Crippen LogP contribution in [0.5, 0.6) is 0 Å². The molecular formula is C23H25N3O2. The van der Waals surface area contributed by atoms with E-state index in [1.165, 1.54) is 0 Å². The molecule has 5 heteroatoms. The molecule has 0 fully saturated rings. The molecule has 3 aromatic rings. The highest BCUT2D eigenvalue weighted by Crippen LogP contribution is 2.31. The van der Waals surface area contributed by atoms with Gasteiger partial charge in [-0.05, 0) is 36.6 Å². The van der Waals surface area contributed by atoms with Gasteiger partial charge in [0.1, 0.15) is 6.04 Å². The normalized spacial score (nSPS) is 12.4. The van der Waals surface area contributed by atoms with E-state index in [0.29, 0.717) is 5.95 Å². The number of aromatic nitrogens is 2. The molecule has 0 saturated heterocycles. The van der Waals surface area contributed by atoms with Crippen LogP contribution in [0, 0.1) is 13.8 Å². The molecular weight excluding hydrogens is 350 g/mol. The highest BCUT2D eigenvalue weighted by molar-refractivity contribution is 5.79. The monoisotopic (exact) mass is 375 g/mol. The van der Waals surface area contributed by atoms with Gasteiger partial charge >= 0.3 is 5.97 Å². The maximum absolute atomic E-state index is 12.1. The number of nitrogens with zero attached hydrogens (tertiary/aromatic N) is 2. The number of aryl methyl sites for hydroxylation is 2. The minimum absolute atomic E-state index is 0.332. The van der Waals surface area contributed by atoms with E-state index < -0.39 is 17.4 Å². The zero-order chi connectivity index (χ0) is 20.3. The molecule has 5 nitrogen and oxygen atoms in total. The summed E-state index contributed by atoms with van der Waals surface area (Å²) in [5.74, 6) is -0.612. The average Bonchev–Trinajstić information content (AvgIpc) is 2.66. The Balaban J connectivity index is 1.90. The van der Waals surface area contributed by atoms with Crippen molar-refractivity contribution in [2.45, 2.75) is 39.2 Å². The van der Waals surface area contributed by atoms with Crippen molar-refractivity contribution in [2.75, 3.05) is 5.32 Å². The molecule has 2 aromatic carbocycles. The molecule has 0 saturated carbocycles. The van der Waals surface area contributed by atoms with E-state index >= 15 is 0 Å². The fraction of sp³-hybridized carbons (Fsp3) is 0.261. The average molecular weight is 375 g/mol. The van der Waals surface area contributed by atoms with E-state index in [1.54, 1.807) is 0 Å². The quantitative estimate of drug-likeness (QED) is 0.658. The van der Waals surface area contributed by atoms with Crippen LogP contribution >= 0.6 is 0 Å². The van der Waals surface area contributed by atoms with Gasteiger partial charge in [-0.2, -0.15) is 0 Å². The van der Waals surface area contributed by atoms with Crippen LogP contribution in [0.25, 0.3) is 11.1 Å². The number of hydrogen-bond donors (Lipinski definition) is 2. The molecule has 2 N–H and O–H groups in total. The van der Waals surface area contributed by atoms with Gasteiger partial charge < -0.3 is 10.4 Å². The van der Waals surface area contributed by atoms with Crippen LogP contribution in [0.2, 0.25) is 0 Å². The number of nitrogens with one attached hydrogen (secondary N) is 1. The van der Waals surface area contributed by atoms with Crippen LogP contribution in [0.4, 0.5) is 5.95 Å². The summed E-state index contributed by atoms with van der Waals surface area (Å²) in [7, 11) is 0. The summed E-state index contributed by atoms with van der Waals surface area (Å²) in [6.45, 7) is 7.56. The van der Waals surface area contributed by atoms with Crippen LogP contribution < -0.4 is 5.32 Å². The summed E-state index contributed by atoms with van der Waals surface area (Å²) in [4.78, 5) is 20.7. The van der Waals surface area contributed by atoms with Crippen molar-refractivity contribution in [2.24, 2.45) is 0 Å². The van der Waals surface area contributed by atoms with Crippen LogP contribution in [-0.2, 0) is 10.2 Å². The lowest BCUT2D eigenvalue weighted by atomic mass is 9.77. The molecule has 0 aliphatic heterocycles. The Kier molecular flexibility index (Phi) is 5.45. The van der Waals surface area contributed by atoms with Crippen molar-refractivity contribution in [1.29, 1.82) is 0 Å². The summed E-state index contributed by atoms with van der Waals surface area (Å²) in [6.07, 6.45) is 0. The zero-order valence-corrected chi connectivity index (χ0v) is 16.6. The molecule has 1 atom stereocenters. The molecule has 0 aliphatic carbocycles. The first-order chi connectivity index (χ1) is 13.3. The predicted octanol–water partition coefficient (Wildman–Crippen LogP) is 4.60. The molecule has 0 radical (unpaired) electrons. The van der Waals surface area contributed by atoms with E-state index in [1.807, 2.05) is 76.2 Å². The number of carboxylic acid groups (broad SMARTS) is 1. The number of benzene rings is 2. The Morgan fingerprint density at radius 2 is 1.46 bits per heavy atom. The largest absolute Gasteiger partial charge is 0.480 e. The zero-order valence-electron chi connectivity index (χ0n) is 16.6. The van der Waals surface area contributed by atoms with Gasteiger partial charge in [-0.25, -0.2) is 14.8 Å². The van der Waals surface area contributed by atoms with Crippen molar-refractivity contribution in [3.63, 3.8) is 0 Å². The number of anilines is 1. The Morgan fingerprint density at radius 1 is 0.929 bits per heavy atom. The minimum Gasteiger partial charge on any atom is -0.480 e. The number of rotatable bonds is 6. The lowest BCUT2D eigenvalue weighted by Gasteiger charge is -2.32. The summed E-state index contributed by atoms with van der Waals surface area (Å²) in [6, 6.07) is 19.1. The first kappa shape index (κ1) is 19.5. The van der Waals surface area contributed by atoms with Gasteiger partial charge in [0.2, 0.25) is 5.95 Å². The van der Waals surface area contributed by atoms with Gasteiger partial charge in [0, 0.05) is 16.8 Å². The molecule has 1 aromatic heterocycles. The molecule has 0 amide bonds. The van der Waals surface area contributed by atoms with Gasteiger partial charge in [-0.1, -0.05) is 68.4 Å². The minimum atomic E-state index is -0.945. The van der Waals surface area contributed by atoms with Gasteiger partial charge in [0.25, 0.3) is 0 Å². The van der Waals surface area contributed by atoms with Crippen LogP contribution in [0.15, 0.2) is 60.7 Å². The highest BCUT2D eigenvalue weighted by Gasteiger charge is 2.37. The number of aliphatic carboxylic acids is 1. The topological polar surface area (TPSA) is 75.1 Å². The second-order valence-electron chi connectivity index (χ2n) is 7.55. The molecule has 0 bridgehead atoms. The standard InChI is InChI=1S/C23H25N3O2/c1-15-14-16(2)25-22(24-15)26-20(21(27)28)23(3,4)19-12-10-18(11-13-19)17-8-6-5-7-9-17/h5-14,20H,1-4H3,(H,27,28)(H,24,25,26). The first-order valence-electron chi connectivity index (χ1n) is 9.25. The maximum atomic E-state index is 12.1. The molecule has 1 unspecified atom stereocenters. The third-order valence-corrected chi connectivity index (χ3v) is 4.96. The third kappa shape index (κ3) is 4.19. The summed E-state index contributed by atoms with van der Waals surface area (Å²) < 4.78 is 0. The lowest BCUT2D eigenvalue weighted by Crippen LogP contribution is -2.46. The van der Waals surface area contributed by atoms with E-state index in [2.05, 4.69) is 27.4 Å². The smallest absolute Gasteiger partial charge is 0.327 e. The molecule has 0 spiro atoms. The Bertz CT molecular complexity index is 947. The van der Waals surface area contributed by atoms with E-state index in [-0.39, 0.29) is 0 Å². The van der Waals surface area contributed by atoms with Gasteiger partial charge in [0.15, 0.2) is 0 Å². The highest BCUT2D eigenvalue weighted by atomic mass is 16.4. The molecule has 144 valence electrons. The van der Waals surface area contributed by atoms with E-state index in [4.69, 9.17) is 0 Å². The molecule has 1 heterocycles. The summed E-state index contributed by atoms with van der Waals surface area (Å²) in [5.41, 5.74) is 4.06. The van der Waals surface area contributed by atoms with Crippen molar-refractivity contribution in [3.05, 3.63) is 77.6 Å². The Labute approximate surface area is 165 Å². The molecule has 0 aliphatic rings. The predicted molar refractivity (Wildman–Crippen MR) is 111 cm³/mol. The van der Waals surface area contributed by atoms with Gasteiger partial charge in [-0.3, -0.25) is 0 Å². The summed E-state index contributed by atoms with van der Waals surface area (Å²) >= 11 is 0. The lowest BCUT2D eigenvalue weighted by molar-refractivity contribution is -0.139. The van der Waals surface area contributed by atoms with Crippen molar-refractivity contribution in [3.8, 4) is 11.1 Å².